The standard InChI is InChI=1S/C16H22BrN3O2/c1-10-5-6-12(17)8-14(10)20-16(22)9-19-15(21)7-11-3-2-4-13(11)18/h5-6,8,11,13H,2-4,7,9,18H2,1H3,(H,19,21)(H,20,22)/t11-,13+/m0/s1. The van der Waals surface area contributed by atoms with E-state index in [0.717, 1.165) is 35.0 Å². The molecule has 0 saturated heterocycles. The molecular formula is C16H22BrN3O2. The van der Waals surface area contributed by atoms with E-state index in [4.69, 9.17) is 5.73 Å². The molecule has 2 rings (SSSR count). The van der Waals surface area contributed by atoms with Gasteiger partial charge in [0, 0.05) is 22.6 Å². The van der Waals surface area contributed by atoms with E-state index in [0.29, 0.717) is 6.42 Å². The molecule has 0 heterocycles. The van der Waals surface area contributed by atoms with Crippen LogP contribution in [0.25, 0.3) is 0 Å². The number of rotatable bonds is 5. The normalized spacial score (nSPS) is 20.7. The van der Waals surface area contributed by atoms with Gasteiger partial charge in [0.1, 0.15) is 0 Å². The SMILES string of the molecule is Cc1ccc(Br)cc1NC(=O)CNC(=O)C[C@@H]1CCC[C@H]1N. The number of anilines is 1. The highest BCUT2D eigenvalue weighted by Crippen LogP contribution is 2.26. The van der Waals surface area contributed by atoms with Gasteiger partial charge in [-0.2, -0.15) is 0 Å². The minimum atomic E-state index is -0.231. The van der Waals surface area contributed by atoms with Crippen molar-refractivity contribution in [1.29, 1.82) is 0 Å². The Balaban J connectivity index is 1.77. The molecule has 2 amide bonds. The third kappa shape index (κ3) is 4.81. The first-order valence-corrected chi connectivity index (χ1v) is 8.33. The van der Waals surface area contributed by atoms with Gasteiger partial charge in [-0.05, 0) is 43.4 Å². The van der Waals surface area contributed by atoms with Crippen LogP contribution in [0.3, 0.4) is 0 Å². The van der Waals surface area contributed by atoms with Crippen molar-refractivity contribution in [2.45, 2.75) is 38.6 Å². The fourth-order valence-electron chi connectivity index (χ4n) is 2.73. The van der Waals surface area contributed by atoms with E-state index in [1.54, 1.807) is 0 Å². The van der Waals surface area contributed by atoms with E-state index in [1.165, 1.54) is 0 Å². The van der Waals surface area contributed by atoms with Crippen molar-refractivity contribution in [3.8, 4) is 0 Å². The summed E-state index contributed by atoms with van der Waals surface area (Å²) in [5.74, 6) is -0.0934. The topological polar surface area (TPSA) is 84.2 Å². The van der Waals surface area contributed by atoms with Crippen LogP contribution in [0.15, 0.2) is 22.7 Å². The van der Waals surface area contributed by atoms with Crippen LogP contribution in [0.2, 0.25) is 0 Å². The summed E-state index contributed by atoms with van der Waals surface area (Å²) >= 11 is 3.37. The van der Waals surface area contributed by atoms with Crippen molar-refractivity contribution in [3.63, 3.8) is 0 Å². The van der Waals surface area contributed by atoms with E-state index in [9.17, 15) is 9.59 Å². The number of nitrogens with two attached hydrogens (primary N) is 1. The molecule has 2 atom stereocenters. The van der Waals surface area contributed by atoms with Gasteiger partial charge in [-0.15, -0.1) is 0 Å². The number of halogens is 1. The zero-order chi connectivity index (χ0) is 16.1. The predicted molar refractivity (Wildman–Crippen MR) is 90.5 cm³/mol. The summed E-state index contributed by atoms with van der Waals surface area (Å²) in [6.45, 7) is 1.90. The molecule has 1 fully saturated rings. The summed E-state index contributed by atoms with van der Waals surface area (Å²) in [5, 5.41) is 5.47. The average molecular weight is 368 g/mol. The van der Waals surface area contributed by atoms with Crippen molar-refractivity contribution in [3.05, 3.63) is 28.2 Å². The van der Waals surface area contributed by atoms with Gasteiger partial charge in [-0.25, -0.2) is 0 Å². The Morgan fingerprint density at radius 3 is 2.77 bits per heavy atom. The highest BCUT2D eigenvalue weighted by atomic mass is 79.9. The molecule has 0 unspecified atom stereocenters. The predicted octanol–water partition coefficient (Wildman–Crippen LogP) is 2.33. The van der Waals surface area contributed by atoms with Crippen molar-refractivity contribution in [2.24, 2.45) is 11.7 Å². The van der Waals surface area contributed by atoms with Crippen LogP contribution >= 0.6 is 15.9 Å². The Bertz CT molecular complexity index is 562. The van der Waals surface area contributed by atoms with Crippen LogP contribution in [0.4, 0.5) is 5.69 Å². The molecule has 1 aliphatic rings. The van der Waals surface area contributed by atoms with E-state index < -0.39 is 0 Å². The third-order valence-electron chi connectivity index (χ3n) is 4.09. The van der Waals surface area contributed by atoms with Gasteiger partial charge in [0.25, 0.3) is 0 Å². The first kappa shape index (κ1) is 17.0. The Morgan fingerprint density at radius 2 is 2.09 bits per heavy atom. The molecule has 0 aromatic heterocycles. The Kier molecular flexibility index (Phi) is 5.97. The molecule has 6 heteroatoms. The lowest BCUT2D eigenvalue weighted by Crippen LogP contribution is -2.36. The smallest absolute Gasteiger partial charge is 0.243 e. The van der Waals surface area contributed by atoms with Gasteiger partial charge in [-0.1, -0.05) is 28.4 Å². The lowest BCUT2D eigenvalue weighted by Gasteiger charge is -2.15. The van der Waals surface area contributed by atoms with E-state index in [1.807, 2.05) is 25.1 Å². The molecule has 0 aliphatic heterocycles. The number of nitrogens with one attached hydrogen (secondary N) is 2. The molecule has 1 aromatic carbocycles. The first-order chi connectivity index (χ1) is 10.5. The Morgan fingerprint density at radius 1 is 1.32 bits per heavy atom. The van der Waals surface area contributed by atoms with Crippen molar-refractivity contribution in [2.75, 3.05) is 11.9 Å². The maximum atomic E-state index is 11.9. The number of hydrogen-bond donors (Lipinski definition) is 3. The number of carbonyl (C=O) groups is 2. The summed E-state index contributed by atoms with van der Waals surface area (Å²) in [5.41, 5.74) is 7.67. The molecule has 22 heavy (non-hydrogen) atoms. The van der Waals surface area contributed by atoms with Gasteiger partial charge < -0.3 is 16.4 Å². The van der Waals surface area contributed by atoms with Crippen molar-refractivity contribution in [1.82, 2.24) is 5.32 Å². The molecule has 1 aromatic rings. The summed E-state index contributed by atoms with van der Waals surface area (Å²) in [7, 11) is 0. The number of hydrogen-bond acceptors (Lipinski definition) is 3. The van der Waals surface area contributed by atoms with Gasteiger partial charge >= 0.3 is 0 Å². The Hall–Kier alpha value is -1.40. The third-order valence-corrected chi connectivity index (χ3v) is 4.58. The van der Waals surface area contributed by atoms with Crippen molar-refractivity contribution < 1.29 is 9.59 Å². The maximum absolute atomic E-state index is 11.9. The zero-order valence-corrected chi connectivity index (χ0v) is 14.3. The fourth-order valence-corrected chi connectivity index (χ4v) is 3.09. The molecule has 5 nitrogen and oxygen atoms in total. The zero-order valence-electron chi connectivity index (χ0n) is 12.7. The molecule has 0 spiro atoms. The van der Waals surface area contributed by atoms with Crippen LogP contribution < -0.4 is 16.4 Å². The maximum Gasteiger partial charge on any atom is 0.243 e. The molecule has 4 N–H and O–H groups in total. The van der Waals surface area contributed by atoms with Crippen LogP contribution in [0.5, 0.6) is 0 Å². The van der Waals surface area contributed by atoms with E-state index >= 15 is 0 Å². The monoisotopic (exact) mass is 367 g/mol. The second kappa shape index (κ2) is 7.74. The molecule has 0 bridgehead atoms. The second-order valence-electron chi connectivity index (χ2n) is 5.84. The molecule has 1 saturated carbocycles. The molecular weight excluding hydrogens is 346 g/mol. The minimum absolute atomic E-state index is 0.0211. The van der Waals surface area contributed by atoms with Crippen LogP contribution in [-0.2, 0) is 9.59 Å². The van der Waals surface area contributed by atoms with Gasteiger partial charge in [0.2, 0.25) is 11.8 Å². The van der Waals surface area contributed by atoms with Crippen LogP contribution in [0.1, 0.15) is 31.2 Å². The highest BCUT2D eigenvalue weighted by Gasteiger charge is 2.26. The summed E-state index contributed by atoms with van der Waals surface area (Å²) in [6, 6.07) is 5.79. The molecule has 1 aliphatic carbocycles. The fraction of sp³-hybridized carbons (Fsp3) is 0.500. The Labute approximate surface area is 139 Å². The highest BCUT2D eigenvalue weighted by molar-refractivity contribution is 9.10. The van der Waals surface area contributed by atoms with Crippen molar-refractivity contribution >= 4 is 33.4 Å². The minimum Gasteiger partial charge on any atom is -0.347 e. The lowest BCUT2D eigenvalue weighted by atomic mass is 10.00. The average Bonchev–Trinajstić information content (AvgIpc) is 2.86. The van der Waals surface area contributed by atoms with Crippen LogP contribution in [-0.4, -0.2) is 24.4 Å². The summed E-state index contributed by atoms with van der Waals surface area (Å²) < 4.78 is 0.896. The first-order valence-electron chi connectivity index (χ1n) is 7.54. The number of benzene rings is 1. The number of amides is 2. The lowest BCUT2D eigenvalue weighted by molar-refractivity contribution is -0.124. The van der Waals surface area contributed by atoms with Gasteiger partial charge in [0.05, 0.1) is 6.54 Å². The molecule has 120 valence electrons. The summed E-state index contributed by atoms with van der Waals surface area (Å²) in [6.07, 6.45) is 3.48. The van der Waals surface area contributed by atoms with Gasteiger partial charge in [0.15, 0.2) is 0 Å². The molecule has 0 radical (unpaired) electrons. The largest absolute Gasteiger partial charge is 0.347 e. The quantitative estimate of drug-likeness (QED) is 0.746. The second-order valence-corrected chi connectivity index (χ2v) is 6.76. The summed E-state index contributed by atoms with van der Waals surface area (Å²) in [4.78, 5) is 23.8. The number of carbonyl (C=O) groups excluding carboxylic acids is 2. The number of aryl methyl sites for hydroxylation is 1. The van der Waals surface area contributed by atoms with E-state index in [2.05, 4.69) is 26.6 Å². The van der Waals surface area contributed by atoms with Gasteiger partial charge in [-0.3, -0.25) is 9.59 Å². The van der Waals surface area contributed by atoms with E-state index in [-0.39, 0.29) is 30.3 Å². The van der Waals surface area contributed by atoms with Crippen LogP contribution in [0, 0.1) is 12.8 Å².